The van der Waals surface area contributed by atoms with E-state index in [2.05, 4.69) is 80.5 Å². The van der Waals surface area contributed by atoms with Crippen LogP contribution in [-0.2, 0) is 22.6 Å². The van der Waals surface area contributed by atoms with Gasteiger partial charge in [0, 0.05) is 12.3 Å². The summed E-state index contributed by atoms with van der Waals surface area (Å²) < 4.78 is 5.54. The number of rotatable bonds is 8. The molecule has 1 unspecified atom stereocenters. The molecule has 0 spiro atoms. The molecule has 0 bridgehead atoms. The van der Waals surface area contributed by atoms with E-state index in [1.165, 1.54) is 0 Å². The molecule has 7 N–H and O–H groups in total. The molecule has 5 rings (SSSR count). The summed E-state index contributed by atoms with van der Waals surface area (Å²) in [4.78, 5) is 84.1. The smallest absolute Gasteiger partial charge is 0.317 e. The molecule has 0 aliphatic carbocycles. The Morgan fingerprint density at radius 1 is 0.804 bits per heavy atom. The fourth-order valence-corrected chi connectivity index (χ4v) is 5.77. The lowest BCUT2D eigenvalue weighted by molar-refractivity contribution is -0.119. The zero-order valence-corrected chi connectivity index (χ0v) is 32.9. The van der Waals surface area contributed by atoms with Crippen molar-refractivity contribution in [2.24, 2.45) is 34.6 Å². The quantitative estimate of drug-likeness (QED) is 0.148. The number of aliphatic imine (C=N–C) groups is 1. The SMILES string of the molecule is C.C.C.C.C=C1N=C(C(C)C)NN1.CC(C)C=C1SC(=O)NC1=O.CC(C)CC1SC(=O)NC1=O.CC(C)Cc1n[nH]c(=O)[nH]1.CC(C)Cn1oc(=O)[nH]c1=O. The third kappa shape index (κ3) is 24.0. The molecule has 4 amide bonds. The van der Waals surface area contributed by atoms with Gasteiger partial charge in [-0.3, -0.25) is 45.6 Å². The van der Waals surface area contributed by atoms with Crippen molar-refractivity contribution in [1.82, 2.24) is 46.4 Å². The lowest BCUT2D eigenvalue weighted by Crippen LogP contribution is -2.31. The third-order valence-corrected chi connectivity index (χ3v) is 7.86. The lowest BCUT2D eigenvalue weighted by atomic mass is 10.1. The number of amidine groups is 1. The maximum absolute atomic E-state index is 11.0. The number of thioether (sulfide) groups is 2. The number of allylic oxidation sites excluding steroid dienone is 1. The van der Waals surface area contributed by atoms with Crippen LogP contribution in [0, 0.1) is 29.6 Å². The predicted octanol–water partition coefficient (Wildman–Crippen LogP) is 6.14. The van der Waals surface area contributed by atoms with Gasteiger partial charge in [0.05, 0.1) is 16.7 Å². The Hall–Kier alpha value is -4.59. The van der Waals surface area contributed by atoms with E-state index in [0.717, 1.165) is 52.8 Å². The number of hydrogen-bond donors (Lipinski definition) is 7. The standard InChI is InChI=1S/C7H11NO2S.C7H9NO2S.C6H11N3O.C6H11N3.C6H10N2O3.4CH4/c2*1-4(2)3-5-6(9)8-7(10)11-5;1-4(2)3-5-7-6(10)9-8-5;1-4(2)6-7-5(3)8-9-6;1-4(2)3-8-5(9)7-6(10)11-8;;;;/h4-5H,3H2,1-2H3,(H,8,9,10);3-4H,1-2H3,(H,8,9,10);4H,3H2,1-2H3,(H2,7,8,9,10);4,8H,3H2,1-2H3,(H,7,9);4H,3H2,1-2H3,(H,7,9,10);4*1H4. The minimum atomic E-state index is -0.698. The first-order valence-electron chi connectivity index (χ1n) is 16.7. The number of nitrogens with one attached hydrogen (secondary N) is 7. The monoisotopic (exact) mass is 832 g/mol. The molecule has 3 aliphatic rings. The van der Waals surface area contributed by atoms with E-state index in [1.807, 2.05) is 46.5 Å². The van der Waals surface area contributed by atoms with E-state index in [-0.39, 0.29) is 68.9 Å². The van der Waals surface area contributed by atoms with Gasteiger partial charge in [0.25, 0.3) is 16.4 Å². The summed E-state index contributed by atoms with van der Waals surface area (Å²) in [7, 11) is 0. The maximum Gasteiger partial charge on any atom is 0.440 e. The van der Waals surface area contributed by atoms with Crippen molar-refractivity contribution in [1.29, 1.82) is 0 Å². The van der Waals surface area contributed by atoms with Crippen LogP contribution in [0.2, 0.25) is 0 Å². The summed E-state index contributed by atoms with van der Waals surface area (Å²) in [5, 5.41) is 9.89. The van der Waals surface area contributed by atoms with Crippen LogP contribution in [0.1, 0.15) is 111 Å². The first-order valence-corrected chi connectivity index (χ1v) is 18.4. The van der Waals surface area contributed by atoms with Crippen LogP contribution >= 0.6 is 23.5 Å². The molecule has 20 heteroatoms. The number of imide groups is 2. The highest BCUT2D eigenvalue weighted by Gasteiger charge is 2.31. The van der Waals surface area contributed by atoms with Crippen LogP contribution < -0.4 is 38.6 Å². The summed E-state index contributed by atoms with van der Waals surface area (Å²) in [5.41, 5.74) is 5.00. The summed E-state index contributed by atoms with van der Waals surface area (Å²) in [6.45, 7) is 24.2. The number of hydrogen-bond acceptors (Lipinski definition) is 14. The normalized spacial score (nSPS) is 15.8. The minimum Gasteiger partial charge on any atom is -0.317 e. The molecule has 2 aromatic heterocycles. The average molecular weight is 833 g/mol. The van der Waals surface area contributed by atoms with Crippen LogP contribution in [0.3, 0.4) is 0 Å². The Kier molecular flexibility index (Phi) is 29.9. The van der Waals surface area contributed by atoms with Crippen LogP contribution in [0.25, 0.3) is 0 Å². The molecule has 0 radical (unpaired) electrons. The van der Waals surface area contributed by atoms with Crippen molar-refractivity contribution in [3.05, 3.63) is 60.7 Å². The van der Waals surface area contributed by atoms with Crippen molar-refractivity contribution in [3.8, 4) is 0 Å². The van der Waals surface area contributed by atoms with E-state index in [0.29, 0.717) is 40.9 Å². The minimum absolute atomic E-state index is 0. The fourth-order valence-electron chi connectivity index (χ4n) is 3.88. The number of carbonyl (C=O) groups excluding carboxylic acids is 4. The summed E-state index contributed by atoms with van der Waals surface area (Å²) in [5.74, 6) is 3.30. The number of hydrazine groups is 1. The zero-order chi connectivity index (χ0) is 39.7. The highest BCUT2D eigenvalue weighted by Crippen LogP contribution is 2.25. The van der Waals surface area contributed by atoms with Gasteiger partial charge < -0.3 is 4.52 Å². The Bertz CT molecular complexity index is 1750. The second-order valence-corrected chi connectivity index (χ2v) is 15.7. The molecule has 322 valence electrons. The van der Waals surface area contributed by atoms with E-state index < -0.39 is 11.4 Å². The Morgan fingerprint density at radius 2 is 1.41 bits per heavy atom. The second kappa shape index (κ2) is 28.8. The van der Waals surface area contributed by atoms with E-state index in [4.69, 9.17) is 0 Å². The number of nitrogens with zero attached hydrogens (tertiary/aromatic N) is 3. The molecule has 2 fully saturated rings. The molecule has 0 saturated carbocycles. The van der Waals surface area contributed by atoms with Crippen molar-refractivity contribution >= 4 is 51.7 Å². The number of aromatic nitrogens is 5. The highest BCUT2D eigenvalue weighted by molar-refractivity contribution is 8.18. The van der Waals surface area contributed by atoms with E-state index in [1.54, 1.807) is 6.08 Å². The van der Waals surface area contributed by atoms with Crippen LogP contribution in [0.4, 0.5) is 9.59 Å². The first kappa shape index (κ1) is 58.1. The van der Waals surface area contributed by atoms with Crippen molar-refractivity contribution in [2.45, 2.75) is 124 Å². The third-order valence-electron chi connectivity index (χ3n) is 6.03. The second-order valence-electron chi connectivity index (χ2n) is 13.5. The maximum atomic E-state index is 11.0. The van der Waals surface area contributed by atoms with Gasteiger partial charge in [0.2, 0.25) is 5.91 Å². The molecule has 2 aromatic rings. The van der Waals surface area contributed by atoms with Crippen molar-refractivity contribution in [2.75, 3.05) is 0 Å². The van der Waals surface area contributed by atoms with Gasteiger partial charge in [-0.15, -0.1) is 0 Å². The van der Waals surface area contributed by atoms with Crippen LogP contribution in [0.15, 0.2) is 47.3 Å². The topological polar surface area (TPSA) is 258 Å². The van der Waals surface area contributed by atoms with E-state index in [9.17, 15) is 33.6 Å². The number of aromatic amines is 3. The lowest BCUT2D eigenvalue weighted by Gasteiger charge is -2.06. The number of amides is 4. The fraction of sp³-hybridized carbons (Fsp3) is 0.639. The summed E-state index contributed by atoms with van der Waals surface area (Å²) in [6, 6.07) is 0. The number of carbonyl (C=O) groups is 4. The Morgan fingerprint density at radius 3 is 1.73 bits per heavy atom. The molecule has 18 nitrogen and oxygen atoms in total. The number of H-pyrrole nitrogens is 3. The largest absolute Gasteiger partial charge is 0.440 e. The molecule has 5 heterocycles. The molecular formula is C36H68N10O8S2. The van der Waals surface area contributed by atoms with Gasteiger partial charge in [-0.25, -0.2) is 29.5 Å². The first-order chi connectivity index (χ1) is 24.2. The summed E-state index contributed by atoms with van der Waals surface area (Å²) >= 11 is 2.07. The summed E-state index contributed by atoms with van der Waals surface area (Å²) in [6.07, 6.45) is 3.38. The molecule has 3 aliphatic heterocycles. The van der Waals surface area contributed by atoms with Crippen LogP contribution in [-0.4, -0.2) is 58.3 Å². The Labute approximate surface area is 339 Å². The average Bonchev–Trinajstić information content (AvgIpc) is 3.81. The van der Waals surface area contributed by atoms with Gasteiger partial charge in [-0.2, -0.15) is 9.84 Å². The molecule has 1 atom stereocenters. The van der Waals surface area contributed by atoms with Gasteiger partial charge in [0.1, 0.15) is 17.5 Å². The van der Waals surface area contributed by atoms with Gasteiger partial charge >= 0.3 is 17.1 Å². The van der Waals surface area contributed by atoms with Crippen molar-refractivity contribution in [3.63, 3.8) is 0 Å². The van der Waals surface area contributed by atoms with Gasteiger partial charge in [-0.05, 0) is 41.9 Å². The van der Waals surface area contributed by atoms with Gasteiger partial charge in [0.15, 0.2) is 0 Å². The van der Waals surface area contributed by atoms with Gasteiger partial charge in [-0.1, -0.05) is 123 Å². The molecule has 2 saturated heterocycles. The van der Waals surface area contributed by atoms with Crippen molar-refractivity contribution < 1.29 is 23.7 Å². The van der Waals surface area contributed by atoms with Crippen LogP contribution in [0.5, 0.6) is 0 Å². The highest BCUT2D eigenvalue weighted by atomic mass is 32.2. The molecule has 56 heavy (non-hydrogen) atoms. The molecule has 0 aromatic carbocycles. The predicted molar refractivity (Wildman–Crippen MR) is 229 cm³/mol. The van der Waals surface area contributed by atoms with E-state index >= 15 is 0 Å². The molecular weight excluding hydrogens is 765 g/mol. The zero-order valence-electron chi connectivity index (χ0n) is 31.3. The Balaban J connectivity index is -0.000000297.